The first kappa shape index (κ1) is 17.5. The topological polar surface area (TPSA) is 42.2 Å². The van der Waals surface area contributed by atoms with E-state index in [4.69, 9.17) is 16.0 Å². The summed E-state index contributed by atoms with van der Waals surface area (Å²) in [7, 11) is 0. The number of halogens is 2. The minimum absolute atomic E-state index is 0.223. The second-order valence-corrected chi connectivity index (χ2v) is 6.82. The number of anilines is 1. The molecule has 3 rings (SSSR count). The Labute approximate surface area is 159 Å². The largest absolute Gasteiger partial charge is 0.457 e. The Morgan fingerprint density at radius 2 is 1.88 bits per heavy atom. The van der Waals surface area contributed by atoms with E-state index >= 15 is 0 Å². The van der Waals surface area contributed by atoms with Crippen molar-refractivity contribution >= 4 is 45.2 Å². The van der Waals surface area contributed by atoms with Gasteiger partial charge in [0, 0.05) is 26.8 Å². The first-order chi connectivity index (χ1) is 12.0. The molecule has 126 valence electrons. The number of hydrogen-bond donors (Lipinski definition) is 1. The smallest absolute Gasteiger partial charge is 0.248 e. The minimum atomic E-state index is -0.223. The second kappa shape index (κ2) is 7.72. The van der Waals surface area contributed by atoms with E-state index in [1.54, 1.807) is 6.08 Å². The summed E-state index contributed by atoms with van der Waals surface area (Å²) in [6.45, 7) is 1.95. The zero-order valence-electron chi connectivity index (χ0n) is 13.4. The van der Waals surface area contributed by atoms with Gasteiger partial charge in [-0.1, -0.05) is 39.7 Å². The third-order valence-electron chi connectivity index (χ3n) is 3.59. The van der Waals surface area contributed by atoms with Gasteiger partial charge in [0.15, 0.2) is 0 Å². The average Bonchev–Trinajstić information content (AvgIpc) is 3.07. The summed E-state index contributed by atoms with van der Waals surface area (Å²) in [5, 5.41) is 3.48. The van der Waals surface area contributed by atoms with Crippen molar-refractivity contribution in [2.75, 3.05) is 5.32 Å². The van der Waals surface area contributed by atoms with Crippen LogP contribution in [0.3, 0.4) is 0 Å². The van der Waals surface area contributed by atoms with Gasteiger partial charge in [0.2, 0.25) is 5.91 Å². The van der Waals surface area contributed by atoms with E-state index in [1.807, 2.05) is 61.5 Å². The van der Waals surface area contributed by atoms with Gasteiger partial charge < -0.3 is 9.73 Å². The first-order valence-electron chi connectivity index (χ1n) is 7.62. The fourth-order valence-corrected chi connectivity index (χ4v) is 2.66. The zero-order valence-corrected chi connectivity index (χ0v) is 15.8. The fraction of sp³-hybridized carbons (Fsp3) is 0.0500. The Morgan fingerprint density at radius 3 is 2.60 bits per heavy atom. The number of aryl methyl sites for hydroxylation is 1. The van der Waals surface area contributed by atoms with Crippen molar-refractivity contribution in [1.29, 1.82) is 0 Å². The molecule has 1 aromatic heterocycles. The molecule has 0 aliphatic heterocycles. The van der Waals surface area contributed by atoms with Gasteiger partial charge >= 0.3 is 0 Å². The van der Waals surface area contributed by atoms with Crippen molar-refractivity contribution < 1.29 is 9.21 Å². The van der Waals surface area contributed by atoms with Crippen LogP contribution in [0.15, 0.2) is 69.6 Å². The van der Waals surface area contributed by atoms with Crippen molar-refractivity contribution in [2.45, 2.75) is 6.92 Å². The quantitative estimate of drug-likeness (QED) is 0.505. The second-order valence-electron chi connectivity index (χ2n) is 5.50. The van der Waals surface area contributed by atoms with Crippen LogP contribution in [0.4, 0.5) is 5.69 Å². The Bertz CT molecular complexity index is 929. The number of hydrogen-bond acceptors (Lipinski definition) is 2. The minimum Gasteiger partial charge on any atom is -0.457 e. The number of carbonyl (C=O) groups excluding carboxylic acids is 1. The Morgan fingerprint density at radius 1 is 1.12 bits per heavy atom. The van der Waals surface area contributed by atoms with Crippen LogP contribution in [0, 0.1) is 6.92 Å². The SMILES string of the molecule is Cc1ccc(-c2ccc(C=CC(=O)Nc3ccc(Br)cc3)o2)cc1Cl. The van der Waals surface area contributed by atoms with Crippen molar-refractivity contribution in [3.63, 3.8) is 0 Å². The Kier molecular flexibility index (Phi) is 5.41. The molecule has 0 bridgehead atoms. The zero-order chi connectivity index (χ0) is 17.8. The molecule has 0 atom stereocenters. The van der Waals surface area contributed by atoms with E-state index in [9.17, 15) is 4.79 Å². The number of nitrogens with one attached hydrogen (secondary N) is 1. The molecule has 0 saturated heterocycles. The van der Waals surface area contributed by atoms with Gasteiger partial charge in [0.25, 0.3) is 0 Å². The van der Waals surface area contributed by atoms with Gasteiger partial charge in [-0.15, -0.1) is 0 Å². The van der Waals surface area contributed by atoms with Gasteiger partial charge in [-0.2, -0.15) is 0 Å². The van der Waals surface area contributed by atoms with Gasteiger partial charge in [-0.25, -0.2) is 0 Å². The highest BCUT2D eigenvalue weighted by Crippen LogP contribution is 2.27. The lowest BCUT2D eigenvalue weighted by molar-refractivity contribution is -0.111. The fourth-order valence-electron chi connectivity index (χ4n) is 2.22. The maximum atomic E-state index is 12.0. The molecule has 0 unspecified atom stereocenters. The molecule has 1 N–H and O–H groups in total. The van der Waals surface area contributed by atoms with Crippen LogP contribution >= 0.6 is 27.5 Å². The number of rotatable bonds is 4. The average molecular weight is 417 g/mol. The molecule has 0 aliphatic rings. The monoisotopic (exact) mass is 415 g/mol. The number of furan rings is 1. The Hall–Kier alpha value is -2.30. The summed E-state index contributed by atoms with van der Waals surface area (Å²) in [4.78, 5) is 12.0. The predicted octanol–water partition coefficient (Wildman–Crippen LogP) is 6.32. The third kappa shape index (κ3) is 4.62. The first-order valence-corrected chi connectivity index (χ1v) is 8.79. The molecule has 2 aromatic carbocycles. The third-order valence-corrected chi connectivity index (χ3v) is 4.53. The maximum Gasteiger partial charge on any atom is 0.248 e. The van der Waals surface area contributed by atoms with E-state index in [1.165, 1.54) is 6.08 Å². The maximum absolute atomic E-state index is 12.0. The van der Waals surface area contributed by atoms with E-state index in [-0.39, 0.29) is 5.91 Å². The van der Waals surface area contributed by atoms with Crippen molar-refractivity contribution in [2.24, 2.45) is 0 Å². The molecule has 0 aliphatic carbocycles. The molecular weight excluding hydrogens is 402 g/mol. The predicted molar refractivity (Wildman–Crippen MR) is 106 cm³/mol. The number of carbonyl (C=O) groups is 1. The molecule has 0 fully saturated rings. The lowest BCUT2D eigenvalue weighted by atomic mass is 10.1. The summed E-state index contributed by atoms with van der Waals surface area (Å²) >= 11 is 9.50. The summed E-state index contributed by atoms with van der Waals surface area (Å²) in [6, 6.07) is 16.8. The molecule has 5 heteroatoms. The van der Waals surface area contributed by atoms with Crippen LogP contribution in [0.2, 0.25) is 5.02 Å². The summed E-state index contributed by atoms with van der Waals surface area (Å²) in [6.07, 6.45) is 3.07. The number of amides is 1. The van der Waals surface area contributed by atoms with Crippen LogP contribution < -0.4 is 5.32 Å². The van der Waals surface area contributed by atoms with E-state index in [0.717, 1.165) is 21.3 Å². The van der Waals surface area contributed by atoms with Crippen molar-refractivity contribution in [1.82, 2.24) is 0 Å². The highest BCUT2D eigenvalue weighted by Gasteiger charge is 2.06. The van der Waals surface area contributed by atoms with E-state index in [2.05, 4.69) is 21.2 Å². The normalized spacial score (nSPS) is 11.0. The summed E-state index contributed by atoms with van der Waals surface area (Å²) < 4.78 is 6.71. The van der Waals surface area contributed by atoms with Crippen LogP contribution in [0.1, 0.15) is 11.3 Å². The van der Waals surface area contributed by atoms with Crippen LogP contribution in [0.25, 0.3) is 17.4 Å². The van der Waals surface area contributed by atoms with Crippen LogP contribution in [-0.4, -0.2) is 5.91 Å². The highest BCUT2D eigenvalue weighted by atomic mass is 79.9. The summed E-state index contributed by atoms with van der Waals surface area (Å²) in [5.74, 6) is 1.08. The lowest BCUT2D eigenvalue weighted by Gasteiger charge is -2.01. The van der Waals surface area contributed by atoms with Gasteiger partial charge in [0.1, 0.15) is 11.5 Å². The van der Waals surface area contributed by atoms with Gasteiger partial charge in [0.05, 0.1) is 0 Å². The Balaban J connectivity index is 1.67. The molecule has 1 amide bonds. The van der Waals surface area contributed by atoms with Crippen LogP contribution in [-0.2, 0) is 4.79 Å². The summed E-state index contributed by atoms with van der Waals surface area (Å²) in [5.41, 5.74) is 2.64. The lowest BCUT2D eigenvalue weighted by Crippen LogP contribution is -2.07. The molecule has 1 heterocycles. The van der Waals surface area contributed by atoms with E-state index < -0.39 is 0 Å². The van der Waals surface area contributed by atoms with Crippen LogP contribution in [0.5, 0.6) is 0 Å². The standard InChI is InChI=1S/C20H15BrClNO2/c1-13-2-3-14(12-18(13)22)19-10-8-17(25-19)9-11-20(24)23-16-6-4-15(21)5-7-16/h2-12H,1H3,(H,23,24). The van der Waals surface area contributed by atoms with Gasteiger partial charge in [-0.05, 0) is 61.0 Å². The molecule has 3 nitrogen and oxygen atoms in total. The van der Waals surface area contributed by atoms with E-state index in [0.29, 0.717) is 16.5 Å². The van der Waals surface area contributed by atoms with Crippen molar-refractivity contribution in [3.8, 4) is 11.3 Å². The molecule has 3 aromatic rings. The molecule has 0 radical (unpaired) electrons. The van der Waals surface area contributed by atoms with Gasteiger partial charge in [-0.3, -0.25) is 4.79 Å². The molecule has 0 spiro atoms. The highest BCUT2D eigenvalue weighted by molar-refractivity contribution is 9.10. The molecular formula is C20H15BrClNO2. The van der Waals surface area contributed by atoms with Crippen molar-refractivity contribution in [3.05, 3.63) is 81.5 Å². The molecule has 25 heavy (non-hydrogen) atoms. The number of benzene rings is 2. The molecule has 0 saturated carbocycles.